The molecule has 0 saturated heterocycles. The number of rotatable bonds is 6. The van der Waals surface area contributed by atoms with Crippen LogP contribution in [0.2, 0.25) is 0 Å². The number of nitrogens with zero attached hydrogens (tertiary/aromatic N) is 1. The first kappa shape index (κ1) is 17.6. The van der Waals surface area contributed by atoms with Gasteiger partial charge in [-0.3, -0.25) is 9.78 Å². The summed E-state index contributed by atoms with van der Waals surface area (Å²) >= 11 is 0. The molecule has 1 N–H and O–H groups in total. The van der Waals surface area contributed by atoms with Crippen LogP contribution in [0.15, 0.2) is 79.1 Å². The molecule has 0 radical (unpaired) electrons. The van der Waals surface area contributed by atoms with E-state index in [0.717, 1.165) is 0 Å². The third kappa shape index (κ3) is 4.07. The quantitative estimate of drug-likeness (QED) is 0.545. The van der Waals surface area contributed by atoms with Crippen molar-refractivity contribution in [2.75, 3.05) is 7.11 Å². The summed E-state index contributed by atoms with van der Waals surface area (Å²) in [5.74, 6) is -0.366. The van der Waals surface area contributed by atoms with Gasteiger partial charge in [0, 0.05) is 18.0 Å². The number of carbonyl (C=O) groups excluding carboxylic acids is 1. The van der Waals surface area contributed by atoms with Crippen LogP contribution >= 0.6 is 0 Å². The van der Waals surface area contributed by atoms with Gasteiger partial charge in [0.05, 0.1) is 13.2 Å². The van der Waals surface area contributed by atoms with E-state index in [1.807, 2.05) is 18.2 Å². The normalized spacial score (nSPS) is 12.8. The summed E-state index contributed by atoms with van der Waals surface area (Å²) in [6.07, 6.45) is 2.09. The Morgan fingerprint density at radius 3 is 2.19 bits per heavy atom. The highest BCUT2D eigenvalue weighted by atomic mass is 16.5. The number of hydrogen-bond donors (Lipinski definition) is 1. The minimum absolute atomic E-state index is 0.384. The van der Waals surface area contributed by atoms with Gasteiger partial charge in [-0.25, -0.2) is 0 Å². The highest BCUT2D eigenvalue weighted by Crippen LogP contribution is 2.32. The lowest BCUT2D eigenvalue weighted by Crippen LogP contribution is -2.25. The van der Waals surface area contributed by atoms with E-state index in [9.17, 15) is 9.90 Å². The second kappa shape index (κ2) is 8.27. The highest BCUT2D eigenvalue weighted by Gasteiger charge is 2.31. The Bertz CT molecular complexity index is 835. The molecule has 0 spiro atoms. The number of hydrogen-bond acceptors (Lipinski definition) is 5. The van der Waals surface area contributed by atoms with E-state index in [1.54, 1.807) is 68.0 Å². The summed E-state index contributed by atoms with van der Waals surface area (Å²) in [4.78, 5) is 16.9. The third-order valence-corrected chi connectivity index (χ3v) is 4.03. The van der Waals surface area contributed by atoms with Gasteiger partial charge in [-0.15, -0.1) is 0 Å². The van der Waals surface area contributed by atoms with Gasteiger partial charge < -0.3 is 14.6 Å². The molecule has 3 aromatic rings. The van der Waals surface area contributed by atoms with Crippen LogP contribution in [-0.2, 0) is 4.79 Å². The van der Waals surface area contributed by atoms with Crippen LogP contribution in [0.5, 0.6) is 11.5 Å². The lowest BCUT2D eigenvalue weighted by Gasteiger charge is -2.22. The average Bonchev–Trinajstić information content (AvgIpc) is 2.70. The Morgan fingerprint density at radius 1 is 0.923 bits per heavy atom. The lowest BCUT2D eigenvalue weighted by atomic mass is 9.90. The molecule has 2 atom stereocenters. The van der Waals surface area contributed by atoms with E-state index in [1.165, 1.54) is 0 Å². The molecule has 5 heteroatoms. The Kier molecular flexibility index (Phi) is 5.61. The maximum atomic E-state index is 12.8. The van der Waals surface area contributed by atoms with Gasteiger partial charge in [-0.1, -0.05) is 36.4 Å². The molecule has 0 amide bonds. The zero-order valence-electron chi connectivity index (χ0n) is 14.3. The smallest absolute Gasteiger partial charge is 0.321 e. The fraction of sp³-hybridized carbons (Fsp3) is 0.143. The maximum absolute atomic E-state index is 12.8. The van der Waals surface area contributed by atoms with Crippen LogP contribution in [0.25, 0.3) is 0 Å². The van der Waals surface area contributed by atoms with Crippen molar-refractivity contribution in [3.8, 4) is 11.5 Å². The topological polar surface area (TPSA) is 68.7 Å². The van der Waals surface area contributed by atoms with Gasteiger partial charge in [-0.2, -0.15) is 0 Å². The first-order valence-corrected chi connectivity index (χ1v) is 8.17. The third-order valence-electron chi connectivity index (χ3n) is 4.03. The van der Waals surface area contributed by atoms with E-state index in [4.69, 9.17) is 9.47 Å². The van der Waals surface area contributed by atoms with Crippen molar-refractivity contribution in [1.29, 1.82) is 0 Å². The molecular weight excluding hydrogens is 330 g/mol. The summed E-state index contributed by atoms with van der Waals surface area (Å²) < 4.78 is 10.6. The molecule has 0 saturated carbocycles. The van der Waals surface area contributed by atoms with Gasteiger partial charge >= 0.3 is 5.97 Å². The van der Waals surface area contributed by atoms with Crippen molar-refractivity contribution < 1.29 is 19.4 Å². The number of ether oxygens (including phenoxy) is 2. The predicted octanol–water partition coefficient (Wildman–Crippen LogP) is 3.51. The number of pyridine rings is 1. The fourth-order valence-corrected chi connectivity index (χ4v) is 2.67. The standard InChI is InChI=1S/C21H19NO4/c1-25-17-9-11-18(12-10-17)26-21(24)19(15-6-3-2-4-7-15)20(23)16-8-5-13-22-14-16/h2-14,19-20,23H,1H3. The molecule has 0 aliphatic carbocycles. The Labute approximate surface area is 151 Å². The van der Waals surface area contributed by atoms with Crippen LogP contribution in [0.3, 0.4) is 0 Å². The molecule has 2 aromatic carbocycles. The second-order valence-electron chi connectivity index (χ2n) is 5.72. The number of aromatic nitrogens is 1. The van der Waals surface area contributed by atoms with Crippen molar-refractivity contribution in [1.82, 2.24) is 4.98 Å². The highest BCUT2D eigenvalue weighted by molar-refractivity contribution is 5.81. The van der Waals surface area contributed by atoms with Gasteiger partial charge in [0.15, 0.2) is 0 Å². The van der Waals surface area contributed by atoms with Gasteiger partial charge in [0.25, 0.3) is 0 Å². The SMILES string of the molecule is COc1ccc(OC(=O)C(c2ccccc2)C(O)c2cccnc2)cc1. The van der Waals surface area contributed by atoms with Crippen LogP contribution in [-0.4, -0.2) is 23.2 Å². The van der Waals surface area contributed by atoms with Crippen molar-refractivity contribution in [2.24, 2.45) is 0 Å². The van der Waals surface area contributed by atoms with Gasteiger partial charge in [0.1, 0.15) is 17.4 Å². The second-order valence-corrected chi connectivity index (χ2v) is 5.72. The van der Waals surface area contributed by atoms with Crippen LogP contribution in [0.4, 0.5) is 0 Å². The van der Waals surface area contributed by atoms with E-state index in [0.29, 0.717) is 22.6 Å². The molecule has 0 bridgehead atoms. The van der Waals surface area contributed by atoms with E-state index in [2.05, 4.69) is 4.98 Å². The minimum Gasteiger partial charge on any atom is -0.497 e. The van der Waals surface area contributed by atoms with E-state index >= 15 is 0 Å². The maximum Gasteiger partial charge on any atom is 0.321 e. The van der Waals surface area contributed by atoms with Crippen molar-refractivity contribution >= 4 is 5.97 Å². The zero-order valence-corrected chi connectivity index (χ0v) is 14.3. The average molecular weight is 349 g/mol. The largest absolute Gasteiger partial charge is 0.497 e. The Morgan fingerprint density at radius 2 is 1.58 bits per heavy atom. The molecule has 26 heavy (non-hydrogen) atoms. The summed E-state index contributed by atoms with van der Waals surface area (Å²) in [7, 11) is 1.57. The fourth-order valence-electron chi connectivity index (χ4n) is 2.67. The summed E-state index contributed by atoms with van der Waals surface area (Å²) in [5.41, 5.74) is 1.22. The van der Waals surface area contributed by atoms with Crippen molar-refractivity contribution in [3.05, 3.63) is 90.3 Å². The molecule has 3 rings (SSSR count). The molecule has 0 fully saturated rings. The van der Waals surface area contributed by atoms with E-state index < -0.39 is 18.0 Å². The molecule has 1 heterocycles. The van der Waals surface area contributed by atoms with E-state index in [-0.39, 0.29) is 0 Å². The first-order chi connectivity index (χ1) is 12.7. The van der Waals surface area contributed by atoms with Gasteiger partial charge in [-0.05, 0) is 35.9 Å². The predicted molar refractivity (Wildman–Crippen MR) is 97.0 cm³/mol. The van der Waals surface area contributed by atoms with Gasteiger partial charge in [0.2, 0.25) is 0 Å². The number of aliphatic hydroxyl groups excluding tert-OH is 1. The van der Waals surface area contributed by atoms with Crippen LogP contribution in [0, 0.1) is 0 Å². The van der Waals surface area contributed by atoms with Crippen LogP contribution in [0.1, 0.15) is 23.1 Å². The lowest BCUT2D eigenvalue weighted by molar-refractivity contribution is -0.139. The molecule has 5 nitrogen and oxygen atoms in total. The number of esters is 1. The molecule has 0 aliphatic rings. The summed E-state index contributed by atoms with van der Waals surface area (Å²) in [6.45, 7) is 0. The van der Waals surface area contributed by atoms with Crippen molar-refractivity contribution in [3.63, 3.8) is 0 Å². The molecular formula is C21H19NO4. The molecule has 1 aromatic heterocycles. The zero-order chi connectivity index (χ0) is 18.4. The van der Waals surface area contributed by atoms with Crippen molar-refractivity contribution in [2.45, 2.75) is 12.0 Å². The monoisotopic (exact) mass is 349 g/mol. The van der Waals surface area contributed by atoms with Crippen LogP contribution < -0.4 is 9.47 Å². The number of aliphatic hydroxyl groups is 1. The number of carbonyl (C=O) groups is 1. The first-order valence-electron chi connectivity index (χ1n) is 8.17. The Balaban J connectivity index is 1.88. The summed E-state index contributed by atoms with van der Waals surface area (Å²) in [6, 6.07) is 19.2. The molecule has 132 valence electrons. The molecule has 0 aliphatic heterocycles. The Hall–Kier alpha value is -3.18. The minimum atomic E-state index is -1.07. The summed E-state index contributed by atoms with van der Waals surface area (Å²) in [5, 5.41) is 10.8. The number of benzene rings is 2. The molecule has 2 unspecified atom stereocenters. The number of methoxy groups -OCH3 is 1.